The van der Waals surface area contributed by atoms with E-state index in [1.165, 1.54) is 11.3 Å². The molecule has 1 amide bonds. The van der Waals surface area contributed by atoms with E-state index in [-0.39, 0.29) is 18.0 Å². The molecule has 1 aliphatic rings. The molecule has 3 heterocycles. The van der Waals surface area contributed by atoms with Crippen LogP contribution in [0.3, 0.4) is 0 Å². The molecule has 1 saturated heterocycles. The van der Waals surface area contributed by atoms with Crippen molar-refractivity contribution >= 4 is 23.3 Å². The van der Waals surface area contributed by atoms with Crippen LogP contribution in [-0.2, 0) is 0 Å². The lowest BCUT2D eigenvalue weighted by molar-refractivity contribution is 0.102. The van der Waals surface area contributed by atoms with Crippen LogP contribution in [0.1, 0.15) is 35.3 Å². The summed E-state index contributed by atoms with van der Waals surface area (Å²) < 4.78 is 5.40. The normalized spacial score (nSPS) is 19.0. The summed E-state index contributed by atoms with van der Waals surface area (Å²) in [6.45, 7) is 0.952. The van der Waals surface area contributed by atoms with Gasteiger partial charge in [-0.05, 0) is 19.4 Å². The number of rotatable bonds is 3. The number of nitrogens with one attached hydrogen (secondary N) is 2. The second kappa shape index (κ2) is 4.83. The highest BCUT2D eigenvalue weighted by molar-refractivity contribution is 7.07. The Hall–Kier alpha value is -1.80. The lowest BCUT2D eigenvalue weighted by Crippen LogP contribution is -2.13. The van der Waals surface area contributed by atoms with Gasteiger partial charge in [0.05, 0.1) is 11.6 Å². The maximum atomic E-state index is 11.7. The van der Waals surface area contributed by atoms with Crippen LogP contribution in [0.2, 0.25) is 0 Å². The first-order chi connectivity index (χ1) is 8.83. The van der Waals surface area contributed by atoms with Gasteiger partial charge in [0.15, 0.2) is 0 Å². The van der Waals surface area contributed by atoms with Crippen LogP contribution in [0.25, 0.3) is 0 Å². The van der Waals surface area contributed by atoms with Crippen molar-refractivity contribution in [3.63, 3.8) is 0 Å². The number of hydrogen-bond acceptors (Lipinski definition) is 7. The van der Waals surface area contributed by atoms with E-state index < -0.39 is 0 Å². The van der Waals surface area contributed by atoms with Crippen molar-refractivity contribution in [2.75, 3.05) is 11.9 Å². The van der Waals surface area contributed by atoms with E-state index in [0.29, 0.717) is 11.6 Å². The first kappa shape index (κ1) is 11.3. The van der Waals surface area contributed by atoms with Gasteiger partial charge in [-0.1, -0.05) is 5.10 Å². The van der Waals surface area contributed by atoms with E-state index >= 15 is 0 Å². The third kappa shape index (κ3) is 2.24. The van der Waals surface area contributed by atoms with Crippen LogP contribution < -0.4 is 10.6 Å². The summed E-state index contributed by atoms with van der Waals surface area (Å²) in [5.41, 5.74) is 1.94. The molecule has 8 heteroatoms. The van der Waals surface area contributed by atoms with Gasteiger partial charge < -0.3 is 9.73 Å². The number of carbonyl (C=O) groups is 1. The van der Waals surface area contributed by atoms with Crippen molar-refractivity contribution in [1.29, 1.82) is 0 Å². The molecule has 0 radical (unpaired) electrons. The van der Waals surface area contributed by atoms with Gasteiger partial charge in [0.2, 0.25) is 5.89 Å². The molecule has 0 bridgehead atoms. The Balaban J connectivity index is 1.68. The molecule has 1 aliphatic heterocycles. The first-order valence-electron chi connectivity index (χ1n) is 5.59. The number of carbonyl (C=O) groups excluding carboxylic acids is 1. The van der Waals surface area contributed by atoms with Crippen LogP contribution in [0.4, 0.5) is 6.01 Å². The summed E-state index contributed by atoms with van der Waals surface area (Å²) in [5, 5.41) is 15.1. The monoisotopic (exact) mass is 265 g/mol. The van der Waals surface area contributed by atoms with Gasteiger partial charge in [-0.3, -0.25) is 10.1 Å². The van der Waals surface area contributed by atoms with E-state index in [1.54, 1.807) is 10.9 Å². The Labute approximate surface area is 107 Å². The average Bonchev–Trinajstić information content (AvgIpc) is 3.12. The first-order valence-corrected chi connectivity index (χ1v) is 6.53. The molecule has 7 nitrogen and oxygen atoms in total. The summed E-state index contributed by atoms with van der Waals surface area (Å²) in [4.78, 5) is 15.6. The predicted octanol–water partition coefficient (Wildman–Crippen LogP) is 1.20. The lowest BCUT2D eigenvalue weighted by atomic mass is 10.2. The van der Waals surface area contributed by atoms with E-state index in [0.717, 1.165) is 19.4 Å². The van der Waals surface area contributed by atoms with Crippen LogP contribution in [0.5, 0.6) is 0 Å². The van der Waals surface area contributed by atoms with Gasteiger partial charge >= 0.3 is 6.01 Å². The fourth-order valence-electron chi connectivity index (χ4n) is 1.81. The minimum Gasteiger partial charge on any atom is -0.406 e. The quantitative estimate of drug-likeness (QED) is 0.866. The number of aromatic nitrogens is 3. The Morgan fingerprint density at radius 1 is 1.56 bits per heavy atom. The molecule has 18 heavy (non-hydrogen) atoms. The van der Waals surface area contributed by atoms with Crippen LogP contribution >= 0.6 is 11.3 Å². The summed E-state index contributed by atoms with van der Waals surface area (Å²) in [6.07, 6.45) is 2.06. The second-order valence-corrected chi connectivity index (χ2v) is 4.64. The fraction of sp³-hybridized carbons (Fsp3) is 0.400. The van der Waals surface area contributed by atoms with E-state index in [9.17, 15) is 4.79 Å². The summed E-state index contributed by atoms with van der Waals surface area (Å²) >= 11 is 1.36. The zero-order chi connectivity index (χ0) is 12.4. The van der Waals surface area contributed by atoms with Gasteiger partial charge in [-0.2, -0.15) is 0 Å². The fourth-order valence-corrected chi connectivity index (χ4v) is 2.34. The molecular formula is C10H11N5O2S. The Morgan fingerprint density at radius 2 is 2.50 bits per heavy atom. The Morgan fingerprint density at radius 3 is 3.22 bits per heavy atom. The largest absolute Gasteiger partial charge is 0.406 e. The minimum absolute atomic E-state index is 0.0995. The van der Waals surface area contributed by atoms with Crippen molar-refractivity contribution in [3.05, 3.63) is 22.5 Å². The maximum absolute atomic E-state index is 11.7. The Bertz CT molecular complexity index is 532. The van der Waals surface area contributed by atoms with E-state index in [4.69, 9.17) is 4.42 Å². The van der Waals surface area contributed by atoms with Crippen molar-refractivity contribution in [3.8, 4) is 0 Å². The molecule has 0 saturated carbocycles. The molecule has 2 N–H and O–H groups in total. The van der Waals surface area contributed by atoms with Crippen molar-refractivity contribution < 1.29 is 9.21 Å². The Kier molecular flexibility index (Phi) is 3.03. The van der Waals surface area contributed by atoms with Crippen molar-refractivity contribution in [1.82, 2.24) is 20.5 Å². The van der Waals surface area contributed by atoms with Gasteiger partial charge in [0.1, 0.15) is 5.69 Å². The van der Waals surface area contributed by atoms with Crippen LogP contribution in [0.15, 0.2) is 15.3 Å². The highest BCUT2D eigenvalue weighted by Crippen LogP contribution is 2.22. The zero-order valence-electron chi connectivity index (χ0n) is 9.42. The molecule has 0 spiro atoms. The molecule has 1 fully saturated rings. The van der Waals surface area contributed by atoms with E-state index in [1.807, 2.05) is 0 Å². The van der Waals surface area contributed by atoms with Gasteiger partial charge in [0.25, 0.3) is 5.91 Å². The maximum Gasteiger partial charge on any atom is 0.322 e. The third-order valence-electron chi connectivity index (χ3n) is 2.68. The molecule has 0 aliphatic carbocycles. The summed E-state index contributed by atoms with van der Waals surface area (Å²) in [5.74, 6) is 0.173. The number of anilines is 1. The number of amides is 1. The number of thiazole rings is 1. The van der Waals surface area contributed by atoms with Crippen molar-refractivity contribution in [2.45, 2.75) is 18.9 Å². The highest BCUT2D eigenvalue weighted by atomic mass is 32.1. The van der Waals surface area contributed by atoms with E-state index in [2.05, 4.69) is 25.8 Å². The topological polar surface area (TPSA) is 92.9 Å². The van der Waals surface area contributed by atoms with Gasteiger partial charge in [-0.25, -0.2) is 4.98 Å². The SMILES string of the molecule is O=C(Nc1nnc(C2CCCN2)o1)c1cscn1. The lowest BCUT2D eigenvalue weighted by Gasteiger charge is -2.02. The van der Waals surface area contributed by atoms with Crippen LogP contribution in [-0.4, -0.2) is 27.6 Å². The standard InChI is InChI=1S/C10H11N5O2S/c16-8(7-4-18-5-12-7)13-10-15-14-9(17-10)6-2-1-3-11-6/h4-6,11H,1-3H2,(H,13,15,16). The molecule has 1 atom stereocenters. The number of hydrogen-bond donors (Lipinski definition) is 2. The molecule has 3 rings (SSSR count). The molecule has 2 aromatic rings. The van der Waals surface area contributed by atoms with Crippen molar-refractivity contribution in [2.24, 2.45) is 0 Å². The summed E-state index contributed by atoms with van der Waals surface area (Å²) in [7, 11) is 0. The minimum atomic E-state index is -0.342. The zero-order valence-corrected chi connectivity index (χ0v) is 10.2. The summed E-state index contributed by atoms with van der Waals surface area (Å²) in [6, 6.07) is 0.208. The smallest absolute Gasteiger partial charge is 0.322 e. The van der Waals surface area contributed by atoms with Gasteiger partial charge in [0, 0.05) is 5.38 Å². The van der Waals surface area contributed by atoms with Crippen LogP contribution in [0, 0.1) is 0 Å². The second-order valence-electron chi connectivity index (χ2n) is 3.92. The average molecular weight is 265 g/mol. The predicted molar refractivity (Wildman–Crippen MR) is 64.3 cm³/mol. The molecule has 2 aromatic heterocycles. The molecule has 1 unspecified atom stereocenters. The molecule has 94 valence electrons. The third-order valence-corrected chi connectivity index (χ3v) is 3.27. The molecular weight excluding hydrogens is 254 g/mol. The highest BCUT2D eigenvalue weighted by Gasteiger charge is 2.22. The number of nitrogens with zero attached hydrogens (tertiary/aromatic N) is 3. The molecule has 0 aromatic carbocycles. The van der Waals surface area contributed by atoms with Gasteiger partial charge in [-0.15, -0.1) is 16.4 Å².